The van der Waals surface area contributed by atoms with Gasteiger partial charge in [-0.25, -0.2) is 5.84 Å². The molecule has 6 nitrogen and oxygen atoms in total. The first-order valence-electron chi connectivity index (χ1n) is 6.38. The van der Waals surface area contributed by atoms with Crippen molar-refractivity contribution in [3.05, 3.63) is 53.5 Å². The molecule has 110 valence electrons. The van der Waals surface area contributed by atoms with Crippen molar-refractivity contribution < 1.29 is 18.7 Å². The number of carbonyl (C=O) groups excluding carboxylic acids is 2. The number of hydrogen-bond acceptors (Lipinski definition) is 5. The van der Waals surface area contributed by atoms with Gasteiger partial charge in [0.05, 0.1) is 6.26 Å². The van der Waals surface area contributed by atoms with Crippen LogP contribution >= 0.6 is 0 Å². The standard InChI is InChI=1S/C15H16N2O4/c1-10(18)8-11-2-4-13(5-3-11)21-9-12-6-7-20-14(12)15(19)17-16/h2-7H,8-9,16H2,1H3,(H,17,19). The fraction of sp³-hybridized carbons (Fsp3) is 0.200. The van der Waals surface area contributed by atoms with Gasteiger partial charge in [-0.15, -0.1) is 0 Å². The third-order valence-corrected chi connectivity index (χ3v) is 2.85. The minimum atomic E-state index is -0.504. The molecule has 0 bridgehead atoms. The summed E-state index contributed by atoms with van der Waals surface area (Å²) in [6, 6.07) is 8.87. The third kappa shape index (κ3) is 3.93. The van der Waals surface area contributed by atoms with Crippen LogP contribution in [0.1, 0.15) is 28.6 Å². The Balaban J connectivity index is 1.98. The average molecular weight is 288 g/mol. The molecular formula is C15H16N2O4. The number of nitrogens with two attached hydrogens (primary N) is 1. The highest BCUT2D eigenvalue weighted by Gasteiger charge is 2.14. The van der Waals surface area contributed by atoms with Crippen LogP contribution in [0.25, 0.3) is 0 Å². The Labute approximate surface area is 121 Å². The van der Waals surface area contributed by atoms with E-state index in [0.29, 0.717) is 17.7 Å². The van der Waals surface area contributed by atoms with Crippen molar-refractivity contribution in [3.8, 4) is 5.75 Å². The summed E-state index contributed by atoms with van der Waals surface area (Å²) in [6.07, 6.45) is 1.81. The zero-order chi connectivity index (χ0) is 15.2. The highest BCUT2D eigenvalue weighted by Crippen LogP contribution is 2.17. The van der Waals surface area contributed by atoms with E-state index in [9.17, 15) is 9.59 Å². The van der Waals surface area contributed by atoms with E-state index in [1.165, 1.54) is 6.26 Å². The molecule has 0 atom stereocenters. The summed E-state index contributed by atoms with van der Waals surface area (Å²) in [4.78, 5) is 22.5. The van der Waals surface area contributed by atoms with Gasteiger partial charge >= 0.3 is 5.91 Å². The van der Waals surface area contributed by atoms with E-state index in [-0.39, 0.29) is 18.2 Å². The molecule has 0 spiro atoms. The number of nitrogens with one attached hydrogen (secondary N) is 1. The van der Waals surface area contributed by atoms with Gasteiger partial charge in [0.15, 0.2) is 5.76 Å². The molecule has 1 amide bonds. The van der Waals surface area contributed by atoms with Crippen LogP contribution < -0.4 is 16.0 Å². The van der Waals surface area contributed by atoms with Crippen LogP contribution in [0.5, 0.6) is 5.75 Å². The van der Waals surface area contributed by atoms with Crippen LogP contribution in [0.15, 0.2) is 41.0 Å². The molecule has 0 aliphatic heterocycles. The molecule has 0 aliphatic rings. The van der Waals surface area contributed by atoms with E-state index in [4.69, 9.17) is 15.0 Å². The van der Waals surface area contributed by atoms with Crippen molar-refractivity contribution in [2.45, 2.75) is 20.0 Å². The van der Waals surface area contributed by atoms with Gasteiger partial charge in [0.1, 0.15) is 18.1 Å². The normalized spacial score (nSPS) is 10.2. The minimum Gasteiger partial charge on any atom is -0.489 e. The second-order valence-corrected chi connectivity index (χ2v) is 4.56. The molecule has 6 heteroatoms. The first-order valence-corrected chi connectivity index (χ1v) is 6.38. The van der Waals surface area contributed by atoms with E-state index in [0.717, 1.165) is 5.56 Å². The third-order valence-electron chi connectivity index (χ3n) is 2.85. The summed E-state index contributed by atoms with van der Waals surface area (Å²) in [5.74, 6) is 5.45. The van der Waals surface area contributed by atoms with Crippen LogP contribution in [-0.4, -0.2) is 11.7 Å². The number of furan rings is 1. The van der Waals surface area contributed by atoms with Gasteiger partial charge in [-0.1, -0.05) is 12.1 Å². The predicted octanol–water partition coefficient (Wildman–Crippen LogP) is 1.59. The Bertz CT molecular complexity index is 631. The molecule has 21 heavy (non-hydrogen) atoms. The monoisotopic (exact) mass is 288 g/mol. The summed E-state index contributed by atoms with van der Waals surface area (Å²) >= 11 is 0. The quantitative estimate of drug-likeness (QED) is 0.478. The van der Waals surface area contributed by atoms with Gasteiger partial charge in [-0.05, 0) is 30.7 Å². The first kappa shape index (κ1) is 14.8. The first-order chi connectivity index (χ1) is 10.1. The lowest BCUT2D eigenvalue weighted by Gasteiger charge is -2.07. The van der Waals surface area contributed by atoms with Gasteiger partial charge in [-0.2, -0.15) is 0 Å². The summed E-state index contributed by atoms with van der Waals surface area (Å²) < 4.78 is 10.6. The summed E-state index contributed by atoms with van der Waals surface area (Å²) in [5.41, 5.74) is 3.55. The molecule has 2 aromatic rings. The van der Waals surface area contributed by atoms with Crippen molar-refractivity contribution in [1.29, 1.82) is 0 Å². The van der Waals surface area contributed by atoms with E-state index in [1.807, 2.05) is 17.6 Å². The molecule has 3 N–H and O–H groups in total. The molecule has 1 heterocycles. The maximum absolute atomic E-state index is 11.4. The molecule has 0 aliphatic carbocycles. The van der Waals surface area contributed by atoms with Crippen molar-refractivity contribution >= 4 is 11.7 Å². The number of ketones is 1. The van der Waals surface area contributed by atoms with E-state index in [1.54, 1.807) is 25.1 Å². The summed E-state index contributed by atoms with van der Waals surface area (Å²) in [5, 5.41) is 0. The molecule has 0 saturated heterocycles. The number of hydrogen-bond donors (Lipinski definition) is 2. The Kier molecular flexibility index (Phi) is 4.73. The van der Waals surface area contributed by atoms with E-state index in [2.05, 4.69) is 0 Å². The molecule has 0 saturated carbocycles. The molecule has 2 rings (SSSR count). The van der Waals surface area contributed by atoms with Gasteiger partial charge in [0, 0.05) is 12.0 Å². The highest BCUT2D eigenvalue weighted by molar-refractivity contribution is 5.92. The lowest BCUT2D eigenvalue weighted by Crippen LogP contribution is -2.30. The number of ether oxygens (including phenoxy) is 1. The Morgan fingerprint density at radius 2 is 1.95 bits per heavy atom. The zero-order valence-electron chi connectivity index (χ0n) is 11.6. The number of rotatable bonds is 6. The maximum atomic E-state index is 11.4. The highest BCUT2D eigenvalue weighted by atomic mass is 16.5. The van der Waals surface area contributed by atoms with Crippen LogP contribution in [0, 0.1) is 0 Å². The van der Waals surface area contributed by atoms with Gasteiger partial charge in [-0.3, -0.25) is 15.0 Å². The summed E-state index contributed by atoms with van der Waals surface area (Å²) in [6.45, 7) is 1.73. The van der Waals surface area contributed by atoms with Crippen LogP contribution in [0.3, 0.4) is 0 Å². The fourth-order valence-electron chi connectivity index (χ4n) is 1.87. The second-order valence-electron chi connectivity index (χ2n) is 4.56. The number of carbonyl (C=O) groups is 2. The number of nitrogen functional groups attached to an aromatic ring is 1. The van der Waals surface area contributed by atoms with Gasteiger partial charge < -0.3 is 9.15 Å². The lowest BCUT2D eigenvalue weighted by molar-refractivity contribution is -0.116. The molecular weight excluding hydrogens is 272 g/mol. The number of hydrazine groups is 1. The van der Waals surface area contributed by atoms with Crippen molar-refractivity contribution in [1.82, 2.24) is 5.43 Å². The Morgan fingerprint density at radius 3 is 2.57 bits per heavy atom. The van der Waals surface area contributed by atoms with Crippen LogP contribution in [-0.2, 0) is 17.8 Å². The molecule has 0 radical (unpaired) electrons. The molecule has 1 aromatic carbocycles. The number of Topliss-reactive ketones (excluding diaryl/α,β-unsaturated/α-hetero) is 1. The molecule has 0 unspecified atom stereocenters. The largest absolute Gasteiger partial charge is 0.489 e. The van der Waals surface area contributed by atoms with Gasteiger partial charge in [0.2, 0.25) is 0 Å². The Hall–Kier alpha value is -2.60. The van der Waals surface area contributed by atoms with E-state index < -0.39 is 5.91 Å². The van der Waals surface area contributed by atoms with Crippen molar-refractivity contribution in [2.24, 2.45) is 5.84 Å². The van der Waals surface area contributed by atoms with Crippen LogP contribution in [0.2, 0.25) is 0 Å². The van der Waals surface area contributed by atoms with Crippen molar-refractivity contribution in [2.75, 3.05) is 0 Å². The second kappa shape index (κ2) is 6.71. The van der Waals surface area contributed by atoms with E-state index >= 15 is 0 Å². The molecule has 0 fully saturated rings. The van der Waals surface area contributed by atoms with Gasteiger partial charge in [0.25, 0.3) is 0 Å². The van der Waals surface area contributed by atoms with Crippen LogP contribution in [0.4, 0.5) is 0 Å². The SMILES string of the molecule is CC(=O)Cc1ccc(OCc2ccoc2C(=O)NN)cc1. The predicted molar refractivity (Wildman–Crippen MR) is 75.5 cm³/mol. The topological polar surface area (TPSA) is 94.6 Å². The zero-order valence-corrected chi connectivity index (χ0v) is 11.6. The number of amides is 1. The molecule has 1 aromatic heterocycles. The lowest BCUT2D eigenvalue weighted by atomic mass is 10.1. The average Bonchev–Trinajstić information content (AvgIpc) is 2.93. The number of benzene rings is 1. The summed E-state index contributed by atoms with van der Waals surface area (Å²) in [7, 11) is 0. The smallest absolute Gasteiger partial charge is 0.301 e. The maximum Gasteiger partial charge on any atom is 0.301 e. The van der Waals surface area contributed by atoms with Crippen molar-refractivity contribution in [3.63, 3.8) is 0 Å². The Morgan fingerprint density at radius 1 is 1.24 bits per heavy atom. The minimum absolute atomic E-state index is 0.111. The fourth-order valence-corrected chi connectivity index (χ4v) is 1.87.